The van der Waals surface area contributed by atoms with E-state index < -0.39 is 10.0 Å². The van der Waals surface area contributed by atoms with E-state index in [0.717, 1.165) is 0 Å². The fourth-order valence-corrected chi connectivity index (χ4v) is 3.61. The molecule has 0 aliphatic rings. The summed E-state index contributed by atoms with van der Waals surface area (Å²) in [5.74, 6) is 0. The topological polar surface area (TPSA) is 87.7 Å². The SMILES string of the molecule is O=S(=O)(Nc1cc(Br)cnc1Cl)c1c[nH]c2ncccc12. The Bertz CT molecular complexity index is 926. The molecule has 21 heavy (non-hydrogen) atoms. The van der Waals surface area contributed by atoms with Crippen LogP contribution in [0.15, 0.2) is 46.2 Å². The quantitative estimate of drug-likeness (QED) is 0.676. The molecule has 0 unspecified atom stereocenters. The van der Waals surface area contributed by atoms with Crippen LogP contribution in [0.1, 0.15) is 0 Å². The number of anilines is 1. The van der Waals surface area contributed by atoms with Crippen molar-refractivity contribution in [2.24, 2.45) is 0 Å². The first-order valence-corrected chi connectivity index (χ1v) is 8.39. The van der Waals surface area contributed by atoms with Crippen molar-refractivity contribution < 1.29 is 8.42 Å². The molecule has 0 amide bonds. The summed E-state index contributed by atoms with van der Waals surface area (Å²) in [5.41, 5.74) is 0.695. The molecule has 0 aliphatic carbocycles. The maximum Gasteiger partial charge on any atom is 0.264 e. The Kier molecular flexibility index (Phi) is 3.60. The summed E-state index contributed by atoms with van der Waals surface area (Å²) in [5, 5.41) is 0.573. The fourth-order valence-electron chi connectivity index (χ4n) is 1.85. The van der Waals surface area contributed by atoms with Gasteiger partial charge >= 0.3 is 0 Å². The summed E-state index contributed by atoms with van der Waals surface area (Å²) in [7, 11) is -3.80. The molecule has 0 atom stereocenters. The molecule has 9 heteroatoms. The first-order valence-electron chi connectivity index (χ1n) is 5.73. The lowest BCUT2D eigenvalue weighted by Gasteiger charge is -2.08. The summed E-state index contributed by atoms with van der Waals surface area (Å²) < 4.78 is 28.0. The van der Waals surface area contributed by atoms with E-state index in [0.29, 0.717) is 15.5 Å². The number of fused-ring (bicyclic) bond motifs is 1. The van der Waals surface area contributed by atoms with E-state index in [2.05, 4.69) is 35.6 Å². The molecule has 0 aliphatic heterocycles. The monoisotopic (exact) mass is 386 g/mol. The predicted octanol–water partition coefficient (Wildman–Crippen LogP) is 3.17. The number of nitrogens with zero attached hydrogens (tertiary/aromatic N) is 2. The zero-order valence-corrected chi connectivity index (χ0v) is 13.5. The van der Waals surface area contributed by atoms with Gasteiger partial charge in [0, 0.05) is 28.4 Å². The summed E-state index contributed by atoms with van der Waals surface area (Å²) >= 11 is 9.12. The van der Waals surface area contributed by atoms with Crippen molar-refractivity contribution >= 4 is 54.3 Å². The number of nitrogens with one attached hydrogen (secondary N) is 2. The molecule has 2 N–H and O–H groups in total. The van der Waals surface area contributed by atoms with Crippen molar-refractivity contribution in [3.8, 4) is 0 Å². The van der Waals surface area contributed by atoms with Gasteiger partial charge in [-0.1, -0.05) is 11.6 Å². The third-order valence-corrected chi connectivity index (χ3v) is 4.89. The van der Waals surface area contributed by atoms with Gasteiger partial charge in [-0.15, -0.1) is 0 Å². The van der Waals surface area contributed by atoms with Gasteiger partial charge in [-0.05, 0) is 34.1 Å². The van der Waals surface area contributed by atoms with Crippen LogP contribution in [0.2, 0.25) is 5.15 Å². The number of rotatable bonds is 3. The van der Waals surface area contributed by atoms with Gasteiger partial charge in [-0.25, -0.2) is 18.4 Å². The average Bonchev–Trinajstić information content (AvgIpc) is 2.87. The van der Waals surface area contributed by atoms with Crippen LogP contribution >= 0.6 is 27.5 Å². The number of halogens is 2. The minimum absolute atomic E-state index is 0.0692. The van der Waals surface area contributed by atoms with E-state index >= 15 is 0 Å². The van der Waals surface area contributed by atoms with Gasteiger partial charge in [0.15, 0.2) is 5.15 Å². The number of sulfonamides is 1. The fraction of sp³-hybridized carbons (Fsp3) is 0. The van der Waals surface area contributed by atoms with Gasteiger partial charge in [0.1, 0.15) is 10.5 Å². The van der Waals surface area contributed by atoms with Gasteiger partial charge in [-0.3, -0.25) is 4.72 Å². The highest BCUT2D eigenvalue weighted by Gasteiger charge is 2.20. The molecule has 0 saturated heterocycles. The highest BCUT2D eigenvalue weighted by molar-refractivity contribution is 9.10. The van der Waals surface area contributed by atoms with Crippen LogP contribution in [-0.2, 0) is 10.0 Å². The smallest absolute Gasteiger partial charge is 0.264 e. The molecule has 0 radical (unpaired) electrons. The average molecular weight is 388 g/mol. The first kappa shape index (κ1) is 14.3. The zero-order valence-electron chi connectivity index (χ0n) is 10.3. The lowest BCUT2D eigenvalue weighted by molar-refractivity contribution is 0.602. The van der Waals surface area contributed by atoms with Gasteiger partial charge in [0.25, 0.3) is 10.0 Å². The molecule has 0 spiro atoms. The molecule has 0 fully saturated rings. The van der Waals surface area contributed by atoms with Crippen LogP contribution < -0.4 is 4.72 Å². The van der Waals surface area contributed by atoms with Crippen molar-refractivity contribution in [1.29, 1.82) is 0 Å². The Labute approximate surface area is 133 Å². The van der Waals surface area contributed by atoms with Crippen LogP contribution in [0.3, 0.4) is 0 Å². The lowest BCUT2D eigenvalue weighted by atomic mass is 10.3. The normalized spacial score (nSPS) is 11.7. The second-order valence-corrected chi connectivity index (χ2v) is 7.07. The van der Waals surface area contributed by atoms with Crippen LogP contribution in [-0.4, -0.2) is 23.4 Å². The Morgan fingerprint density at radius 1 is 1.33 bits per heavy atom. The summed E-state index contributed by atoms with van der Waals surface area (Å²) in [6.45, 7) is 0. The van der Waals surface area contributed by atoms with Crippen LogP contribution in [0.25, 0.3) is 11.0 Å². The molecule has 3 aromatic rings. The molecule has 0 bridgehead atoms. The minimum Gasteiger partial charge on any atom is -0.345 e. The van der Waals surface area contributed by atoms with Gasteiger partial charge in [0.2, 0.25) is 0 Å². The number of pyridine rings is 2. The largest absolute Gasteiger partial charge is 0.345 e. The third kappa shape index (κ3) is 2.74. The Balaban J connectivity index is 2.07. The summed E-state index contributed by atoms with van der Waals surface area (Å²) in [6.07, 6.45) is 4.45. The first-order chi connectivity index (χ1) is 9.97. The molecule has 0 aromatic carbocycles. The molecule has 3 heterocycles. The van der Waals surface area contributed by atoms with Crippen molar-refractivity contribution in [2.75, 3.05) is 4.72 Å². The lowest BCUT2D eigenvalue weighted by Crippen LogP contribution is -2.13. The number of hydrogen-bond donors (Lipinski definition) is 2. The molecule has 0 saturated carbocycles. The van der Waals surface area contributed by atoms with E-state index in [1.165, 1.54) is 12.4 Å². The number of aromatic nitrogens is 3. The van der Waals surface area contributed by atoms with E-state index in [1.54, 1.807) is 24.4 Å². The number of H-pyrrole nitrogens is 1. The maximum atomic E-state index is 12.5. The molecular weight excluding hydrogens is 380 g/mol. The Morgan fingerprint density at radius 2 is 2.14 bits per heavy atom. The van der Waals surface area contributed by atoms with E-state index in [4.69, 9.17) is 11.6 Å². The van der Waals surface area contributed by atoms with Crippen molar-refractivity contribution in [2.45, 2.75) is 4.90 Å². The second kappa shape index (κ2) is 5.28. The standard InChI is InChI=1S/C12H8BrClN4O2S/c13-7-4-9(11(14)16-5-7)18-21(19,20)10-6-17-12-8(10)2-1-3-15-12/h1-6,18H,(H,15,17). The van der Waals surface area contributed by atoms with Crippen molar-refractivity contribution in [3.63, 3.8) is 0 Å². The highest BCUT2D eigenvalue weighted by atomic mass is 79.9. The van der Waals surface area contributed by atoms with Crippen LogP contribution in [0.5, 0.6) is 0 Å². The van der Waals surface area contributed by atoms with E-state index in [9.17, 15) is 8.42 Å². The van der Waals surface area contributed by atoms with E-state index in [1.807, 2.05) is 0 Å². The third-order valence-electron chi connectivity index (χ3n) is 2.75. The van der Waals surface area contributed by atoms with Gasteiger partial charge in [0.05, 0.1) is 5.69 Å². The van der Waals surface area contributed by atoms with Gasteiger partial charge in [-0.2, -0.15) is 0 Å². The minimum atomic E-state index is -3.80. The zero-order chi connectivity index (χ0) is 15.0. The molecule has 3 aromatic heterocycles. The second-order valence-electron chi connectivity index (χ2n) is 4.15. The van der Waals surface area contributed by atoms with Crippen LogP contribution in [0, 0.1) is 0 Å². The number of hydrogen-bond acceptors (Lipinski definition) is 4. The maximum absolute atomic E-state index is 12.5. The Morgan fingerprint density at radius 3 is 2.95 bits per heavy atom. The van der Waals surface area contributed by atoms with Gasteiger partial charge < -0.3 is 4.98 Å². The predicted molar refractivity (Wildman–Crippen MR) is 83.8 cm³/mol. The van der Waals surface area contributed by atoms with Crippen molar-refractivity contribution in [1.82, 2.24) is 15.0 Å². The van der Waals surface area contributed by atoms with Crippen LogP contribution in [0.4, 0.5) is 5.69 Å². The molecule has 6 nitrogen and oxygen atoms in total. The number of aromatic amines is 1. The molecule has 108 valence electrons. The van der Waals surface area contributed by atoms with E-state index in [-0.39, 0.29) is 15.7 Å². The molecular formula is C12H8BrClN4O2S. The highest BCUT2D eigenvalue weighted by Crippen LogP contribution is 2.28. The van der Waals surface area contributed by atoms with Crippen molar-refractivity contribution in [3.05, 3.63) is 46.4 Å². The summed E-state index contributed by atoms with van der Waals surface area (Å²) in [4.78, 5) is 10.9. The summed E-state index contributed by atoms with van der Waals surface area (Å²) in [6, 6.07) is 4.89. The molecule has 3 rings (SSSR count). The Hall–Kier alpha value is -1.64.